The number of hydrogen-bond acceptors (Lipinski definition) is 3. The minimum atomic E-state index is 0.195. The summed E-state index contributed by atoms with van der Waals surface area (Å²) in [5, 5.41) is 0. The highest BCUT2D eigenvalue weighted by Crippen LogP contribution is 2.45. The maximum Gasteiger partial charge on any atom is 0.164 e. The predicted octanol–water partition coefficient (Wildman–Crippen LogP) is 2.51. The topological polar surface area (TPSA) is 27.7 Å². The van der Waals surface area contributed by atoms with Crippen molar-refractivity contribution in [2.45, 2.75) is 24.5 Å². The molecule has 2 heterocycles. The van der Waals surface area contributed by atoms with Gasteiger partial charge >= 0.3 is 0 Å². The van der Waals surface area contributed by atoms with E-state index >= 15 is 0 Å². The summed E-state index contributed by atoms with van der Waals surface area (Å²) in [6, 6.07) is 6.03. The third-order valence-electron chi connectivity index (χ3n) is 3.56. The smallest absolute Gasteiger partial charge is 0.164 e. The number of fused-ring (bicyclic) bond motifs is 2. The van der Waals surface area contributed by atoms with Gasteiger partial charge in [-0.1, -0.05) is 24.3 Å². The van der Waals surface area contributed by atoms with E-state index < -0.39 is 0 Å². The monoisotopic (exact) mass is 232 g/mol. The number of methoxy groups -OCH3 is 2. The zero-order chi connectivity index (χ0) is 11.8. The lowest BCUT2D eigenvalue weighted by atomic mass is 9.87. The zero-order valence-corrected chi connectivity index (χ0v) is 10.1. The van der Waals surface area contributed by atoms with E-state index in [1.807, 2.05) is 12.1 Å². The Morgan fingerprint density at radius 1 is 1.18 bits per heavy atom. The fraction of sp³-hybridized carbons (Fsp3) is 0.429. The number of benzene rings is 1. The van der Waals surface area contributed by atoms with Crippen LogP contribution in [0.2, 0.25) is 0 Å². The molecule has 3 atom stereocenters. The zero-order valence-electron chi connectivity index (χ0n) is 10.1. The molecule has 0 N–H and O–H groups in total. The van der Waals surface area contributed by atoms with E-state index in [9.17, 15) is 0 Å². The maximum atomic E-state index is 5.80. The molecule has 3 heteroatoms. The first-order valence-corrected chi connectivity index (χ1v) is 5.88. The number of para-hydroxylation sites is 1. The Morgan fingerprint density at radius 3 is 2.65 bits per heavy atom. The first-order chi connectivity index (χ1) is 8.33. The Kier molecular flexibility index (Phi) is 2.56. The average Bonchev–Trinajstić information content (AvgIpc) is 2.99. The molecule has 17 heavy (non-hydrogen) atoms. The van der Waals surface area contributed by atoms with Gasteiger partial charge in [-0.2, -0.15) is 0 Å². The highest BCUT2D eigenvalue weighted by atomic mass is 16.5. The van der Waals surface area contributed by atoms with Crippen LogP contribution >= 0.6 is 0 Å². The Morgan fingerprint density at radius 2 is 2.06 bits per heavy atom. The molecule has 1 aromatic carbocycles. The van der Waals surface area contributed by atoms with Crippen LogP contribution in [0.1, 0.15) is 17.9 Å². The van der Waals surface area contributed by atoms with Crippen LogP contribution in [0.15, 0.2) is 30.4 Å². The van der Waals surface area contributed by atoms with Gasteiger partial charge in [-0.15, -0.1) is 0 Å². The molecule has 0 aliphatic carbocycles. The summed E-state index contributed by atoms with van der Waals surface area (Å²) in [5.41, 5.74) is 1.18. The van der Waals surface area contributed by atoms with Gasteiger partial charge in [0, 0.05) is 11.5 Å². The van der Waals surface area contributed by atoms with Crippen molar-refractivity contribution in [3.8, 4) is 11.5 Å². The summed E-state index contributed by atoms with van der Waals surface area (Å²) in [7, 11) is 3.35. The summed E-state index contributed by atoms with van der Waals surface area (Å²) in [6.45, 7) is 0. The van der Waals surface area contributed by atoms with Crippen molar-refractivity contribution in [2.24, 2.45) is 0 Å². The van der Waals surface area contributed by atoms with Gasteiger partial charge < -0.3 is 14.2 Å². The summed E-state index contributed by atoms with van der Waals surface area (Å²) in [5.74, 6) is 2.01. The molecule has 2 aliphatic rings. The van der Waals surface area contributed by atoms with E-state index in [0.29, 0.717) is 5.92 Å². The van der Waals surface area contributed by atoms with Gasteiger partial charge in [0.1, 0.15) is 0 Å². The van der Waals surface area contributed by atoms with Crippen molar-refractivity contribution in [2.75, 3.05) is 14.2 Å². The van der Waals surface area contributed by atoms with Gasteiger partial charge in [0.2, 0.25) is 0 Å². The lowest BCUT2D eigenvalue weighted by Crippen LogP contribution is -2.12. The highest BCUT2D eigenvalue weighted by Gasteiger charge is 2.39. The standard InChI is InChI=1S/C14H16O3/c1-15-13-5-3-4-10(14(13)16-2)11-8-9-6-7-12(11)17-9/h3-7,9,11-12H,8H2,1-2H3. The third kappa shape index (κ3) is 1.62. The van der Waals surface area contributed by atoms with E-state index in [0.717, 1.165) is 17.9 Å². The van der Waals surface area contributed by atoms with Crippen molar-refractivity contribution in [1.82, 2.24) is 0 Å². The summed E-state index contributed by atoms with van der Waals surface area (Å²) in [4.78, 5) is 0. The van der Waals surface area contributed by atoms with Gasteiger partial charge in [0.25, 0.3) is 0 Å². The van der Waals surface area contributed by atoms with E-state index in [-0.39, 0.29) is 12.2 Å². The van der Waals surface area contributed by atoms with E-state index in [4.69, 9.17) is 14.2 Å². The molecule has 3 rings (SSSR count). The van der Waals surface area contributed by atoms with Crippen molar-refractivity contribution >= 4 is 0 Å². The number of hydrogen-bond donors (Lipinski definition) is 0. The lowest BCUT2D eigenvalue weighted by molar-refractivity contribution is 0.116. The maximum absolute atomic E-state index is 5.80. The molecule has 0 radical (unpaired) electrons. The Balaban J connectivity index is 2.00. The van der Waals surface area contributed by atoms with Gasteiger partial charge in [0.05, 0.1) is 26.4 Å². The van der Waals surface area contributed by atoms with Crippen LogP contribution in [0.5, 0.6) is 11.5 Å². The second-order valence-electron chi connectivity index (χ2n) is 4.45. The van der Waals surface area contributed by atoms with Crippen LogP contribution in [-0.4, -0.2) is 26.4 Å². The molecule has 1 fully saturated rings. The molecule has 0 aromatic heterocycles. The molecule has 0 amide bonds. The normalized spacial score (nSPS) is 29.6. The van der Waals surface area contributed by atoms with Gasteiger partial charge in [0.15, 0.2) is 11.5 Å². The molecular formula is C14H16O3. The Labute approximate surface area is 101 Å². The Hall–Kier alpha value is -1.48. The lowest BCUT2D eigenvalue weighted by Gasteiger charge is -2.20. The van der Waals surface area contributed by atoms with Crippen LogP contribution in [0.3, 0.4) is 0 Å². The van der Waals surface area contributed by atoms with Crippen LogP contribution < -0.4 is 9.47 Å². The summed E-state index contributed by atoms with van der Waals surface area (Å²) >= 11 is 0. The van der Waals surface area contributed by atoms with Crippen molar-refractivity contribution in [1.29, 1.82) is 0 Å². The SMILES string of the molecule is COc1cccc(C2CC3C=CC2O3)c1OC. The molecule has 1 saturated heterocycles. The van der Waals surface area contributed by atoms with Crippen molar-refractivity contribution < 1.29 is 14.2 Å². The minimum Gasteiger partial charge on any atom is -0.493 e. The molecule has 2 aliphatic heterocycles. The second kappa shape index (κ2) is 4.08. The second-order valence-corrected chi connectivity index (χ2v) is 4.45. The summed E-state index contributed by atoms with van der Waals surface area (Å²) in [6.07, 6.45) is 5.80. The summed E-state index contributed by atoms with van der Waals surface area (Å²) < 4.78 is 16.6. The third-order valence-corrected chi connectivity index (χ3v) is 3.56. The highest BCUT2D eigenvalue weighted by molar-refractivity contribution is 5.49. The average molecular weight is 232 g/mol. The largest absolute Gasteiger partial charge is 0.493 e. The fourth-order valence-corrected chi connectivity index (χ4v) is 2.78. The molecule has 0 spiro atoms. The molecule has 3 unspecified atom stereocenters. The van der Waals surface area contributed by atoms with Crippen LogP contribution in [0, 0.1) is 0 Å². The van der Waals surface area contributed by atoms with E-state index in [2.05, 4.69) is 18.2 Å². The van der Waals surface area contributed by atoms with Gasteiger partial charge in [-0.25, -0.2) is 0 Å². The first kappa shape index (κ1) is 10.7. The van der Waals surface area contributed by atoms with E-state index in [1.54, 1.807) is 14.2 Å². The molecule has 90 valence electrons. The quantitative estimate of drug-likeness (QED) is 0.749. The fourth-order valence-electron chi connectivity index (χ4n) is 2.78. The predicted molar refractivity (Wildman–Crippen MR) is 64.7 cm³/mol. The molecule has 2 bridgehead atoms. The number of ether oxygens (including phenoxy) is 3. The van der Waals surface area contributed by atoms with Crippen molar-refractivity contribution in [3.05, 3.63) is 35.9 Å². The Bertz CT molecular complexity index is 453. The van der Waals surface area contributed by atoms with Gasteiger partial charge in [-0.3, -0.25) is 0 Å². The first-order valence-electron chi connectivity index (χ1n) is 5.88. The minimum absolute atomic E-state index is 0.195. The molecular weight excluding hydrogens is 216 g/mol. The van der Waals surface area contributed by atoms with Crippen LogP contribution in [-0.2, 0) is 4.74 Å². The van der Waals surface area contributed by atoms with E-state index in [1.165, 1.54) is 5.56 Å². The van der Waals surface area contributed by atoms with Crippen LogP contribution in [0.25, 0.3) is 0 Å². The molecule has 0 saturated carbocycles. The number of rotatable bonds is 3. The molecule has 1 aromatic rings. The van der Waals surface area contributed by atoms with Gasteiger partial charge in [-0.05, 0) is 12.5 Å². The van der Waals surface area contributed by atoms with Crippen LogP contribution in [0.4, 0.5) is 0 Å². The van der Waals surface area contributed by atoms with Crippen molar-refractivity contribution in [3.63, 3.8) is 0 Å². The molecule has 3 nitrogen and oxygen atoms in total.